The fourth-order valence-corrected chi connectivity index (χ4v) is 3.62. The molecule has 0 aromatic heterocycles. The van der Waals surface area contributed by atoms with Crippen molar-refractivity contribution >= 4 is 27.3 Å². The Morgan fingerprint density at radius 2 is 1.66 bits per heavy atom. The van der Waals surface area contributed by atoms with Crippen molar-refractivity contribution in [2.45, 2.75) is 25.9 Å². The highest BCUT2D eigenvalue weighted by atomic mass is 79.9. The molecule has 0 aliphatic carbocycles. The van der Waals surface area contributed by atoms with Crippen LogP contribution in [0.2, 0.25) is 0 Å². The zero-order valence-corrected chi connectivity index (χ0v) is 18.3. The first-order valence-corrected chi connectivity index (χ1v) is 10.4. The molecule has 0 fully saturated rings. The lowest BCUT2D eigenvalue weighted by atomic mass is 10.0. The first kappa shape index (κ1) is 21.3. The van der Waals surface area contributed by atoms with Crippen LogP contribution in [-0.4, -0.2) is 19.8 Å². The molecule has 1 unspecified atom stereocenters. The van der Waals surface area contributed by atoms with E-state index in [1.54, 1.807) is 19.2 Å². The molecule has 0 spiro atoms. The average molecular weight is 457 g/mol. The Kier molecular flexibility index (Phi) is 7.67. The molecule has 29 heavy (non-hydrogen) atoms. The van der Waals surface area contributed by atoms with Gasteiger partial charge < -0.3 is 15.4 Å². The smallest absolute Gasteiger partial charge is 0.137 e. The predicted octanol–water partition coefficient (Wildman–Crippen LogP) is 6.18. The maximum atomic E-state index is 13.5. The highest BCUT2D eigenvalue weighted by molar-refractivity contribution is 9.10. The van der Waals surface area contributed by atoms with Crippen LogP contribution < -0.4 is 10.6 Å². The Labute approximate surface area is 180 Å². The van der Waals surface area contributed by atoms with Crippen LogP contribution in [-0.2, 0) is 17.7 Å². The molecule has 3 rings (SSSR count). The zero-order valence-electron chi connectivity index (χ0n) is 16.7. The lowest BCUT2D eigenvalue weighted by molar-refractivity contribution is 0.185. The van der Waals surface area contributed by atoms with Crippen molar-refractivity contribution in [1.29, 1.82) is 0 Å². The van der Waals surface area contributed by atoms with Crippen molar-refractivity contribution in [2.75, 3.05) is 24.4 Å². The van der Waals surface area contributed by atoms with Crippen molar-refractivity contribution in [2.24, 2.45) is 0 Å². The van der Waals surface area contributed by atoms with Gasteiger partial charge in [0.25, 0.3) is 0 Å². The first-order chi connectivity index (χ1) is 14.0. The lowest BCUT2D eigenvalue weighted by Gasteiger charge is -2.22. The second-order valence-corrected chi connectivity index (χ2v) is 7.99. The van der Waals surface area contributed by atoms with Gasteiger partial charge in [-0.15, -0.1) is 0 Å². The molecule has 0 aliphatic rings. The molecule has 0 aliphatic heterocycles. The third-order valence-corrected chi connectivity index (χ3v) is 5.33. The number of benzene rings is 3. The van der Waals surface area contributed by atoms with Crippen LogP contribution in [0, 0.1) is 12.7 Å². The number of hydrogen-bond donors (Lipinski definition) is 2. The van der Waals surface area contributed by atoms with Crippen LogP contribution in [0.15, 0.2) is 71.2 Å². The molecule has 0 saturated heterocycles. The van der Waals surface area contributed by atoms with Gasteiger partial charge in [-0.2, -0.15) is 0 Å². The Balaban J connectivity index is 1.70. The zero-order chi connectivity index (χ0) is 20.6. The van der Waals surface area contributed by atoms with Gasteiger partial charge in [0, 0.05) is 13.7 Å². The number of rotatable bonds is 9. The SMILES string of the molecule is COCC(Cc1ccc(C)cc1)Nc1ccccc1NCc1ccc(F)c(Br)c1. The van der Waals surface area contributed by atoms with E-state index in [1.165, 1.54) is 17.2 Å². The average Bonchev–Trinajstić information content (AvgIpc) is 2.72. The van der Waals surface area contributed by atoms with Gasteiger partial charge in [0.15, 0.2) is 0 Å². The number of nitrogens with one attached hydrogen (secondary N) is 2. The molecule has 5 heteroatoms. The van der Waals surface area contributed by atoms with Gasteiger partial charge in [0.2, 0.25) is 0 Å². The quantitative estimate of drug-likeness (QED) is 0.403. The summed E-state index contributed by atoms with van der Waals surface area (Å²) in [6, 6.07) is 21.9. The molecule has 152 valence electrons. The van der Waals surface area contributed by atoms with Gasteiger partial charge in [-0.3, -0.25) is 0 Å². The second-order valence-electron chi connectivity index (χ2n) is 7.13. The molecule has 0 radical (unpaired) electrons. The topological polar surface area (TPSA) is 33.3 Å². The lowest BCUT2D eigenvalue weighted by Crippen LogP contribution is -2.28. The van der Waals surface area contributed by atoms with E-state index in [0.29, 0.717) is 17.6 Å². The monoisotopic (exact) mass is 456 g/mol. The molecule has 3 aromatic carbocycles. The minimum atomic E-state index is -0.255. The van der Waals surface area contributed by atoms with Crippen molar-refractivity contribution < 1.29 is 9.13 Å². The first-order valence-electron chi connectivity index (χ1n) is 9.63. The van der Waals surface area contributed by atoms with Gasteiger partial charge in [-0.05, 0) is 64.7 Å². The minimum Gasteiger partial charge on any atom is -0.383 e. The molecule has 2 N–H and O–H groups in total. The molecule has 0 bridgehead atoms. The summed E-state index contributed by atoms with van der Waals surface area (Å²) in [5, 5.41) is 7.06. The van der Waals surface area contributed by atoms with Gasteiger partial charge in [-0.1, -0.05) is 48.0 Å². The number of ether oxygens (including phenoxy) is 1. The van der Waals surface area contributed by atoms with Crippen molar-refractivity contribution in [3.63, 3.8) is 0 Å². The highest BCUT2D eigenvalue weighted by Crippen LogP contribution is 2.24. The van der Waals surface area contributed by atoms with Crippen LogP contribution in [0.5, 0.6) is 0 Å². The van der Waals surface area contributed by atoms with Crippen LogP contribution >= 0.6 is 15.9 Å². The number of hydrogen-bond acceptors (Lipinski definition) is 3. The summed E-state index contributed by atoms with van der Waals surface area (Å²) in [7, 11) is 1.72. The third kappa shape index (κ3) is 6.31. The number of anilines is 2. The van der Waals surface area contributed by atoms with E-state index in [4.69, 9.17) is 4.74 Å². The summed E-state index contributed by atoms with van der Waals surface area (Å²) in [5.74, 6) is -0.255. The molecular formula is C24H26BrFN2O. The van der Waals surface area contributed by atoms with E-state index in [2.05, 4.69) is 63.8 Å². The molecule has 0 heterocycles. The fourth-order valence-electron chi connectivity index (χ4n) is 3.19. The van der Waals surface area contributed by atoms with E-state index in [0.717, 1.165) is 23.4 Å². The van der Waals surface area contributed by atoms with Crippen LogP contribution in [0.1, 0.15) is 16.7 Å². The normalized spacial score (nSPS) is 11.9. The summed E-state index contributed by atoms with van der Waals surface area (Å²) >= 11 is 3.24. The van der Waals surface area contributed by atoms with Crippen LogP contribution in [0.3, 0.4) is 0 Å². The molecule has 3 nitrogen and oxygen atoms in total. The van der Waals surface area contributed by atoms with Crippen molar-refractivity contribution in [3.8, 4) is 0 Å². The largest absolute Gasteiger partial charge is 0.383 e. The second kappa shape index (κ2) is 10.4. The Bertz CT molecular complexity index is 930. The number of halogens is 2. The van der Waals surface area contributed by atoms with E-state index in [9.17, 15) is 4.39 Å². The Hall–Kier alpha value is -2.37. The predicted molar refractivity (Wildman–Crippen MR) is 122 cm³/mol. The molecular weight excluding hydrogens is 431 g/mol. The van der Waals surface area contributed by atoms with Crippen molar-refractivity contribution in [3.05, 3.63) is 93.7 Å². The maximum absolute atomic E-state index is 13.5. The minimum absolute atomic E-state index is 0.144. The highest BCUT2D eigenvalue weighted by Gasteiger charge is 2.12. The van der Waals surface area contributed by atoms with E-state index in [-0.39, 0.29) is 11.9 Å². The molecule has 3 aromatic rings. The fraction of sp³-hybridized carbons (Fsp3) is 0.250. The van der Waals surface area contributed by atoms with Crippen LogP contribution in [0.4, 0.5) is 15.8 Å². The maximum Gasteiger partial charge on any atom is 0.137 e. The standard InChI is InChI=1S/C24H26BrFN2O/c1-17-7-9-18(10-8-17)13-20(16-29-2)28-24-6-4-3-5-23(24)27-15-19-11-12-22(26)21(25)14-19/h3-12,14,20,27-28H,13,15-16H2,1-2H3. The molecule has 0 saturated carbocycles. The summed E-state index contributed by atoms with van der Waals surface area (Å²) in [4.78, 5) is 0. The summed E-state index contributed by atoms with van der Waals surface area (Å²) in [6.45, 7) is 3.30. The third-order valence-electron chi connectivity index (χ3n) is 4.72. The van der Waals surface area contributed by atoms with Gasteiger partial charge in [0.1, 0.15) is 5.82 Å². The van der Waals surface area contributed by atoms with Gasteiger partial charge in [-0.25, -0.2) is 4.39 Å². The summed E-state index contributed by atoms with van der Waals surface area (Å²) in [6.07, 6.45) is 0.868. The van der Waals surface area contributed by atoms with E-state index < -0.39 is 0 Å². The molecule has 0 amide bonds. The van der Waals surface area contributed by atoms with Gasteiger partial charge in [0.05, 0.1) is 28.5 Å². The van der Waals surface area contributed by atoms with E-state index in [1.807, 2.05) is 18.2 Å². The number of aryl methyl sites for hydroxylation is 1. The molecule has 1 atom stereocenters. The Morgan fingerprint density at radius 1 is 0.966 bits per heavy atom. The summed E-state index contributed by atoms with van der Waals surface area (Å²) < 4.78 is 19.4. The number of para-hydroxylation sites is 2. The van der Waals surface area contributed by atoms with Gasteiger partial charge >= 0.3 is 0 Å². The van der Waals surface area contributed by atoms with E-state index >= 15 is 0 Å². The van der Waals surface area contributed by atoms with Crippen molar-refractivity contribution in [1.82, 2.24) is 0 Å². The summed E-state index contributed by atoms with van der Waals surface area (Å²) in [5.41, 5.74) is 5.54. The number of methoxy groups -OCH3 is 1. The Morgan fingerprint density at radius 3 is 2.34 bits per heavy atom. The van der Waals surface area contributed by atoms with Crippen LogP contribution in [0.25, 0.3) is 0 Å².